The van der Waals surface area contributed by atoms with Gasteiger partial charge in [-0.1, -0.05) is 0 Å². The third-order valence-electron chi connectivity index (χ3n) is 1.11. The Morgan fingerprint density at radius 1 is 0.611 bits per heavy atom. The lowest BCUT2D eigenvalue weighted by molar-refractivity contribution is -0.0645. The van der Waals surface area contributed by atoms with Crippen LogP contribution >= 0.6 is 22.5 Å². The molecule has 0 amide bonds. The smallest absolute Gasteiger partial charge is 0.208 e. The second-order valence-corrected chi connectivity index (χ2v) is 4.00. The van der Waals surface area contributed by atoms with E-state index in [0.717, 1.165) is 0 Å². The fraction of sp³-hybridized carbons (Fsp3) is 0.500. The fourth-order valence-corrected chi connectivity index (χ4v) is 1.11. The van der Waals surface area contributed by atoms with Gasteiger partial charge >= 0.3 is 12.4 Å². The van der Waals surface area contributed by atoms with Crippen molar-refractivity contribution < 1.29 is 41.9 Å². The zero-order chi connectivity index (χ0) is 14.7. The summed E-state index contributed by atoms with van der Waals surface area (Å²) in [5.74, 6) is 0. The Morgan fingerprint density at radius 3 is 0.944 bits per heavy atom. The van der Waals surface area contributed by atoms with Crippen LogP contribution in [0.25, 0.3) is 0 Å². The van der Waals surface area contributed by atoms with Crippen molar-refractivity contribution >= 4 is 32.5 Å². The third kappa shape index (κ3) is 5.53. The highest BCUT2D eigenvalue weighted by Gasteiger charge is 2.42. The van der Waals surface area contributed by atoms with Crippen molar-refractivity contribution in [2.24, 2.45) is 0 Å². The summed E-state index contributed by atoms with van der Waals surface area (Å²) in [7, 11) is 0. The molecule has 0 aliphatic rings. The van der Waals surface area contributed by atoms with Gasteiger partial charge in [-0.3, -0.25) is 0 Å². The van der Waals surface area contributed by atoms with Crippen LogP contribution in [0.2, 0.25) is 0 Å². The molecular formula is C4H2F10N2S2. The number of alkyl halides is 6. The molecule has 18 heavy (non-hydrogen) atoms. The highest BCUT2D eigenvalue weighted by Crippen LogP contribution is 2.29. The molecule has 0 heterocycles. The lowest BCUT2D eigenvalue weighted by Crippen LogP contribution is -2.51. The van der Waals surface area contributed by atoms with Gasteiger partial charge in [-0.2, -0.15) is 26.3 Å². The minimum Gasteiger partial charge on any atom is -0.208 e. The first-order valence-corrected chi connectivity index (χ1v) is 5.46. The molecule has 110 valence electrons. The van der Waals surface area contributed by atoms with E-state index in [2.05, 4.69) is 0 Å². The van der Waals surface area contributed by atoms with Crippen LogP contribution in [0.4, 0.5) is 41.9 Å². The molecule has 0 spiro atoms. The number of hydrazine groups is 1. The summed E-state index contributed by atoms with van der Waals surface area (Å²) in [6, 6.07) is 0. The van der Waals surface area contributed by atoms with Gasteiger partial charge in [-0.05, 0) is 0 Å². The highest BCUT2D eigenvalue weighted by molar-refractivity contribution is 8.07. The first kappa shape index (κ1) is 17.7. The first-order valence-electron chi connectivity index (χ1n) is 3.41. The van der Waals surface area contributed by atoms with Crippen molar-refractivity contribution in [2.75, 3.05) is 0 Å². The lowest BCUT2D eigenvalue weighted by Gasteiger charge is -2.15. The van der Waals surface area contributed by atoms with Gasteiger partial charge in [-0.15, -0.1) is 15.5 Å². The Kier molecular flexibility index (Phi) is 6.09. The number of rotatable bonds is 0. The van der Waals surface area contributed by atoms with Crippen LogP contribution in [0.5, 0.6) is 0 Å². The summed E-state index contributed by atoms with van der Waals surface area (Å²) in [6.07, 6.45) is -11.4. The number of halogens is 10. The minimum atomic E-state index is -5.68. The molecular weight excluding hydrogens is 330 g/mol. The van der Waals surface area contributed by atoms with Crippen LogP contribution in [0.15, 0.2) is 0 Å². The van der Waals surface area contributed by atoms with Crippen LogP contribution in [0.3, 0.4) is 0 Å². The second-order valence-electron chi connectivity index (χ2n) is 2.33. The molecule has 2 nitrogen and oxygen atoms in total. The predicted molar refractivity (Wildman–Crippen MR) is 48.0 cm³/mol. The summed E-state index contributed by atoms with van der Waals surface area (Å²) >= 11 is -8.97. The van der Waals surface area contributed by atoms with E-state index in [1.54, 1.807) is 0 Å². The fourth-order valence-electron chi connectivity index (χ4n) is 0.507. The van der Waals surface area contributed by atoms with Gasteiger partial charge in [0, 0.05) is 0 Å². The SMILES string of the molecule is FS(F)=C(NNC(=S(F)F)C(F)(F)F)C(F)(F)F. The molecule has 14 heteroatoms. The second kappa shape index (κ2) is 6.21. The normalized spacial score (nSPS) is 13.3. The van der Waals surface area contributed by atoms with Crippen LogP contribution in [0.1, 0.15) is 0 Å². The summed E-state index contributed by atoms with van der Waals surface area (Å²) in [5.41, 5.74) is 0.842. The van der Waals surface area contributed by atoms with Crippen molar-refractivity contribution in [2.45, 2.75) is 12.4 Å². The van der Waals surface area contributed by atoms with Crippen LogP contribution in [-0.4, -0.2) is 22.3 Å². The van der Waals surface area contributed by atoms with Crippen LogP contribution in [0, 0.1) is 0 Å². The zero-order valence-electron chi connectivity index (χ0n) is 7.60. The van der Waals surface area contributed by atoms with Gasteiger partial charge in [0.05, 0.1) is 0 Å². The van der Waals surface area contributed by atoms with Crippen molar-refractivity contribution in [1.82, 2.24) is 10.9 Å². The molecule has 0 fully saturated rings. The largest absolute Gasteiger partial charge is 0.437 e. The Morgan fingerprint density at radius 2 is 0.833 bits per heavy atom. The summed E-state index contributed by atoms with van der Waals surface area (Å²) < 4.78 is 118. The van der Waals surface area contributed by atoms with E-state index < -0.39 is 44.8 Å². The Bertz CT molecular complexity index is 323. The molecule has 0 aliphatic carbocycles. The maximum Gasteiger partial charge on any atom is 0.437 e. The average Bonchev–Trinajstić information content (AvgIpc) is 2.05. The first-order chi connectivity index (χ1) is 7.87. The average molecular weight is 332 g/mol. The van der Waals surface area contributed by atoms with Gasteiger partial charge < -0.3 is 0 Å². The summed E-state index contributed by atoms with van der Waals surface area (Å²) in [6.45, 7) is 0. The quantitative estimate of drug-likeness (QED) is 0.403. The van der Waals surface area contributed by atoms with E-state index in [4.69, 9.17) is 0 Å². The maximum absolute atomic E-state index is 11.8. The number of nitrogens with one attached hydrogen (secondary N) is 2. The van der Waals surface area contributed by atoms with Crippen molar-refractivity contribution in [3.63, 3.8) is 0 Å². The van der Waals surface area contributed by atoms with Crippen LogP contribution in [-0.2, 0) is 0 Å². The molecule has 0 bridgehead atoms. The van der Waals surface area contributed by atoms with E-state index >= 15 is 0 Å². The van der Waals surface area contributed by atoms with E-state index in [-0.39, 0.29) is 0 Å². The minimum absolute atomic E-state index is 0.421. The lowest BCUT2D eigenvalue weighted by atomic mass is 10.6. The maximum atomic E-state index is 11.8. The van der Waals surface area contributed by atoms with E-state index in [1.807, 2.05) is 0 Å². The molecule has 2 N–H and O–H groups in total. The molecule has 0 saturated carbocycles. The standard InChI is InChI=1S/C4H2F10N2S2/c5-3(6,7)1(17(11)12)15-16-2(18(13)14)4(8,9)10/h15-16H. The molecule has 0 radical (unpaired) electrons. The highest BCUT2D eigenvalue weighted by atomic mass is 32.2. The number of hydrogen-bond acceptors (Lipinski definition) is 0. The Labute approximate surface area is 98.3 Å². The Balaban J connectivity index is 5.07. The topological polar surface area (TPSA) is 24.1 Å². The van der Waals surface area contributed by atoms with Crippen molar-refractivity contribution in [3.05, 3.63) is 0 Å². The van der Waals surface area contributed by atoms with Gasteiger partial charge in [0.2, 0.25) is 0 Å². The molecule has 0 aromatic heterocycles. The number of hydrogen-bond donors (Lipinski definition) is 2. The van der Waals surface area contributed by atoms with E-state index in [9.17, 15) is 41.9 Å². The van der Waals surface area contributed by atoms with Crippen LogP contribution < -0.4 is 10.9 Å². The zero-order valence-corrected chi connectivity index (χ0v) is 9.23. The van der Waals surface area contributed by atoms with Gasteiger partial charge in [0.1, 0.15) is 0 Å². The molecule has 0 aliphatic heterocycles. The van der Waals surface area contributed by atoms with Gasteiger partial charge in [-0.25, -0.2) is 10.9 Å². The van der Waals surface area contributed by atoms with Gasteiger partial charge in [0.25, 0.3) is 0 Å². The van der Waals surface area contributed by atoms with Crippen molar-refractivity contribution in [3.8, 4) is 0 Å². The summed E-state index contributed by atoms with van der Waals surface area (Å²) in [4.78, 5) is -5.57. The molecule has 0 rings (SSSR count). The van der Waals surface area contributed by atoms with E-state index in [0.29, 0.717) is 10.9 Å². The summed E-state index contributed by atoms with van der Waals surface area (Å²) in [5, 5.41) is 0. The molecule has 0 unspecified atom stereocenters. The van der Waals surface area contributed by atoms with Crippen molar-refractivity contribution in [1.29, 1.82) is 0 Å². The van der Waals surface area contributed by atoms with E-state index in [1.165, 1.54) is 0 Å². The molecule has 0 saturated heterocycles. The molecule has 0 aromatic carbocycles. The third-order valence-corrected chi connectivity index (χ3v) is 2.40. The van der Waals surface area contributed by atoms with Gasteiger partial charge in [0.15, 0.2) is 32.5 Å². The monoisotopic (exact) mass is 332 g/mol. The Hall–Kier alpha value is -0.340. The molecule has 0 aromatic rings. The molecule has 0 atom stereocenters. The predicted octanol–water partition coefficient (Wildman–Crippen LogP) is 3.54.